The van der Waals surface area contributed by atoms with Crippen molar-refractivity contribution < 1.29 is 4.74 Å². The molecule has 0 aliphatic carbocycles. The minimum atomic E-state index is 0.273. The molecule has 2 aromatic rings. The van der Waals surface area contributed by atoms with Crippen molar-refractivity contribution in [2.24, 2.45) is 5.84 Å². The van der Waals surface area contributed by atoms with Gasteiger partial charge in [0.15, 0.2) is 0 Å². The zero-order valence-corrected chi connectivity index (χ0v) is 13.5. The SMILES string of the molecule is COc1ccc(Br)c(Nc2nc(NN)nc(N(C)C)n2)c1. The Hall–Kier alpha value is -2.13. The largest absolute Gasteiger partial charge is 0.497 e. The highest BCUT2D eigenvalue weighted by molar-refractivity contribution is 9.10. The third kappa shape index (κ3) is 3.70. The average molecular weight is 354 g/mol. The first-order valence-corrected chi connectivity index (χ1v) is 6.83. The zero-order valence-electron chi connectivity index (χ0n) is 11.9. The molecule has 0 saturated carbocycles. The van der Waals surface area contributed by atoms with Crippen molar-refractivity contribution in [3.8, 4) is 5.75 Å². The molecule has 4 N–H and O–H groups in total. The summed E-state index contributed by atoms with van der Waals surface area (Å²) in [6.45, 7) is 0. The molecular formula is C12H16BrN7O. The van der Waals surface area contributed by atoms with Gasteiger partial charge in [0.25, 0.3) is 0 Å². The predicted molar refractivity (Wildman–Crippen MR) is 85.9 cm³/mol. The standard InChI is InChI=1S/C12H16BrN7O/c1-20(2)12-17-10(16-11(18-12)19-14)15-9-6-7(21-3)4-5-8(9)13/h4-6H,14H2,1-3H3,(H2,15,16,17,18,19). The van der Waals surface area contributed by atoms with Crippen LogP contribution in [0.3, 0.4) is 0 Å². The normalized spacial score (nSPS) is 10.1. The maximum Gasteiger partial charge on any atom is 0.243 e. The van der Waals surface area contributed by atoms with Crippen LogP contribution in [0.5, 0.6) is 5.75 Å². The number of rotatable bonds is 5. The molecule has 0 aliphatic heterocycles. The maximum atomic E-state index is 5.38. The molecule has 2 rings (SSSR count). The number of hydrogen-bond acceptors (Lipinski definition) is 8. The van der Waals surface area contributed by atoms with E-state index in [9.17, 15) is 0 Å². The molecule has 9 heteroatoms. The first-order valence-electron chi connectivity index (χ1n) is 6.04. The van der Waals surface area contributed by atoms with E-state index in [2.05, 4.69) is 41.6 Å². The minimum absolute atomic E-state index is 0.273. The number of nitrogens with one attached hydrogen (secondary N) is 2. The van der Waals surface area contributed by atoms with Gasteiger partial charge in [-0.25, -0.2) is 5.84 Å². The van der Waals surface area contributed by atoms with Crippen LogP contribution in [0.15, 0.2) is 22.7 Å². The van der Waals surface area contributed by atoms with Gasteiger partial charge in [0, 0.05) is 24.6 Å². The molecule has 8 nitrogen and oxygen atoms in total. The van der Waals surface area contributed by atoms with E-state index in [1.54, 1.807) is 12.0 Å². The molecule has 0 atom stereocenters. The summed E-state index contributed by atoms with van der Waals surface area (Å²) in [5, 5.41) is 3.11. The molecule has 0 spiro atoms. The van der Waals surface area contributed by atoms with E-state index >= 15 is 0 Å². The second-order valence-corrected chi connectivity index (χ2v) is 5.15. The first kappa shape index (κ1) is 15.3. The fourth-order valence-corrected chi connectivity index (χ4v) is 1.88. The molecular weight excluding hydrogens is 338 g/mol. The molecule has 112 valence electrons. The Morgan fingerprint density at radius 1 is 1.19 bits per heavy atom. The van der Waals surface area contributed by atoms with Gasteiger partial charge in [-0.2, -0.15) is 15.0 Å². The number of aromatic nitrogens is 3. The Morgan fingerprint density at radius 2 is 1.90 bits per heavy atom. The molecule has 0 amide bonds. The summed E-state index contributed by atoms with van der Waals surface area (Å²) in [6, 6.07) is 5.55. The molecule has 0 radical (unpaired) electrons. The van der Waals surface area contributed by atoms with Crippen molar-refractivity contribution in [3.63, 3.8) is 0 Å². The van der Waals surface area contributed by atoms with Gasteiger partial charge in [0.05, 0.1) is 12.8 Å². The van der Waals surface area contributed by atoms with Crippen LogP contribution in [0.25, 0.3) is 0 Å². The highest BCUT2D eigenvalue weighted by atomic mass is 79.9. The van der Waals surface area contributed by atoms with Gasteiger partial charge >= 0.3 is 0 Å². The quantitative estimate of drug-likeness (QED) is 0.551. The highest BCUT2D eigenvalue weighted by Crippen LogP contribution is 2.29. The molecule has 0 fully saturated rings. The number of nitrogens with zero attached hydrogens (tertiary/aromatic N) is 4. The van der Waals surface area contributed by atoms with Crippen LogP contribution >= 0.6 is 15.9 Å². The Labute approximate surface area is 130 Å². The lowest BCUT2D eigenvalue weighted by Gasteiger charge is -2.14. The summed E-state index contributed by atoms with van der Waals surface area (Å²) in [4.78, 5) is 14.4. The van der Waals surface area contributed by atoms with Gasteiger partial charge in [0.2, 0.25) is 17.8 Å². The van der Waals surface area contributed by atoms with Crippen molar-refractivity contribution in [1.29, 1.82) is 0 Å². The third-order valence-corrected chi connectivity index (χ3v) is 3.26. The molecule has 0 bridgehead atoms. The van der Waals surface area contributed by atoms with Crippen LogP contribution in [0.4, 0.5) is 23.5 Å². The number of nitrogens with two attached hydrogens (primary N) is 1. The fraction of sp³-hybridized carbons (Fsp3) is 0.250. The second-order valence-electron chi connectivity index (χ2n) is 4.29. The zero-order chi connectivity index (χ0) is 15.4. The van der Waals surface area contributed by atoms with E-state index < -0.39 is 0 Å². The number of ether oxygens (including phenoxy) is 1. The van der Waals surface area contributed by atoms with E-state index in [0.29, 0.717) is 11.9 Å². The number of hydrogen-bond donors (Lipinski definition) is 3. The number of nitrogen functional groups attached to an aromatic ring is 1. The average Bonchev–Trinajstić information content (AvgIpc) is 2.49. The smallest absolute Gasteiger partial charge is 0.243 e. The van der Waals surface area contributed by atoms with Crippen molar-refractivity contribution in [3.05, 3.63) is 22.7 Å². The molecule has 21 heavy (non-hydrogen) atoms. The van der Waals surface area contributed by atoms with Gasteiger partial charge in [-0.05, 0) is 28.1 Å². The number of hydrazine groups is 1. The van der Waals surface area contributed by atoms with Crippen molar-refractivity contribution in [2.45, 2.75) is 0 Å². The molecule has 0 aliphatic rings. The molecule has 1 aromatic heterocycles. The van der Waals surface area contributed by atoms with Gasteiger partial charge in [0.1, 0.15) is 5.75 Å². The molecule has 0 unspecified atom stereocenters. The molecule has 1 heterocycles. The van der Waals surface area contributed by atoms with Crippen molar-refractivity contribution >= 4 is 39.5 Å². The van der Waals surface area contributed by atoms with Crippen LogP contribution < -0.4 is 26.2 Å². The monoisotopic (exact) mass is 353 g/mol. The number of methoxy groups -OCH3 is 1. The van der Waals surface area contributed by atoms with Crippen LogP contribution in [0.2, 0.25) is 0 Å². The van der Waals surface area contributed by atoms with Crippen LogP contribution in [-0.4, -0.2) is 36.2 Å². The lowest BCUT2D eigenvalue weighted by atomic mass is 10.3. The van der Waals surface area contributed by atoms with Gasteiger partial charge < -0.3 is 15.0 Å². The van der Waals surface area contributed by atoms with Crippen LogP contribution in [-0.2, 0) is 0 Å². The number of halogens is 1. The Kier molecular flexibility index (Phi) is 4.76. The predicted octanol–water partition coefficient (Wildman–Crippen LogP) is 1.74. The number of benzene rings is 1. The Balaban J connectivity index is 2.36. The van der Waals surface area contributed by atoms with Crippen LogP contribution in [0.1, 0.15) is 0 Å². The summed E-state index contributed by atoms with van der Waals surface area (Å²) in [7, 11) is 5.28. The Bertz CT molecular complexity index is 635. The number of anilines is 4. The van der Waals surface area contributed by atoms with Crippen molar-refractivity contribution in [2.75, 3.05) is 36.8 Å². The summed E-state index contributed by atoms with van der Waals surface area (Å²) in [6.07, 6.45) is 0. The highest BCUT2D eigenvalue weighted by Gasteiger charge is 2.09. The van der Waals surface area contributed by atoms with Gasteiger partial charge in [-0.1, -0.05) is 0 Å². The lowest BCUT2D eigenvalue weighted by molar-refractivity contribution is 0.415. The maximum absolute atomic E-state index is 5.38. The van der Waals surface area contributed by atoms with E-state index in [1.165, 1.54) is 0 Å². The second kappa shape index (κ2) is 6.55. The van der Waals surface area contributed by atoms with Crippen LogP contribution in [0, 0.1) is 0 Å². The van der Waals surface area contributed by atoms with E-state index in [1.807, 2.05) is 32.3 Å². The summed E-state index contributed by atoms with van der Waals surface area (Å²) >= 11 is 3.46. The van der Waals surface area contributed by atoms with Gasteiger partial charge in [-0.15, -0.1) is 0 Å². The van der Waals surface area contributed by atoms with E-state index in [0.717, 1.165) is 15.9 Å². The first-order chi connectivity index (χ1) is 10.0. The van der Waals surface area contributed by atoms with Gasteiger partial charge in [-0.3, -0.25) is 5.43 Å². The fourth-order valence-electron chi connectivity index (χ4n) is 1.53. The van der Waals surface area contributed by atoms with Crippen molar-refractivity contribution in [1.82, 2.24) is 15.0 Å². The summed E-state index contributed by atoms with van der Waals surface area (Å²) < 4.78 is 6.06. The molecule has 0 saturated heterocycles. The topological polar surface area (TPSA) is 101 Å². The lowest BCUT2D eigenvalue weighted by Crippen LogP contribution is -2.18. The summed E-state index contributed by atoms with van der Waals surface area (Å²) in [5.74, 6) is 7.23. The van der Waals surface area contributed by atoms with E-state index in [-0.39, 0.29) is 5.95 Å². The minimum Gasteiger partial charge on any atom is -0.497 e. The third-order valence-electron chi connectivity index (χ3n) is 2.57. The summed E-state index contributed by atoms with van der Waals surface area (Å²) in [5.41, 5.74) is 3.19. The Morgan fingerprint density at radius 3 is 2.52 bits per heavy atom. The van der Waals surface area contributed by atoms with E-state index in [4.69, 9.17) is 10.6 Å². The molecule has 1 aromatic carbocycles.